The molecule has 13 nitrogen and oxygen atoms in total. The van der Waals surface area contributed by atoms with E-state index in [2.05, 4.69) is 13.0 Å². The second-order valence-electron chi connectivity index (χ2n) is 18.2. The molecule has 4 rings (SSSR count). The van der Waals surface area contributed by atoms with Gasteiger partial charge in [-0.1, -0.05) is 45.4 Å². The average Bonchev–Trinajstić information content (AvgIpc) is 3.18. The van der Waals surface area contributed by atoms with Crippen molar-refractivity contribution in [2.75, 3.05) is 20.8 Å². The predicted molar refractivity (Wildman–Crippen MR) is 219 cm³/mol. The lowest BCUT2D eigenvalue weighted by Crippen LogP contribution is -2.64. The van der Waals surface area contributed by atoms with Crippen molar-refractivity contribution in [1.29, 1.82) is 0 Å². The molecule has 0 aromatic rings. The van der Waals surface area contributed by atoms with Crippen molar-refractivity contribution >= 4 is 23.4 Å². The van der Waals surface area contributed by atoms with Crippen LogP contribution in [0.15, 0.2) is 23.3 Å². The second kappa shape index (κ2) is 21.3. The van der Waals surface area contributed by atoms with Gasteiger partial charge in [0.05, 0.1) is 30.5 Å². The zero-order valence-electron chi connectivity index (χ0n) is 36.8. The summed E-state index contributed by atoms with van der Waals surface area (Å²) in [5, 5.41) is 23.8. The number of Topliss-reactive ketones (excluding diaryl/α,β-unsaturated/α-hetero) is 2. The number of hydrogen-bond donors (Lipinski definition) is 3. The zero-order valence-corrected chi connectivity index (χ0v) is 36.8. The summed E-state index contributed by atoms with van der Waals surface area (Å²) in [7, 11) is 3.08. The highest BCUT2D eigenvalue weighted by Crippen LogP contribution is 2.39. The molecule has 0 aromatic heterocycles. The molecule has 3 aliphatic heterocycles. The normalized spacial score (nSPS) is 39.8. The van der Waals surface area contributed by atoms with E-state index < -0.39 is 77.8 Å². The predicted octanol–water partition coefficient (Wildman–Crippen LogP) is 5.22. The number of ketones is 2. The number of aliphatic hydroxyl groups is 2. The highest BCUT2D eigenvalue weighted by atomic mass is 16.7. The SMILES string of the molecule is CCC1C=C(C)CC(C)CC(OC)C2OC(O)(C(=O)C(=O)N3CCCCC3C(=O)OC(C(C)=CC3CCC(N)C(OC(C)C)C3)C(C)C(O)CC1=O)C(C)CC2OC. The van der Waals surface area contributed by atoms with Gasteiger partial charge in [-0.05, 0) is 109 Å². The molecule has 1 saturated carbocycles. The number of hydrogen-bond acceptors (Lipinski definition) is 12. The van der Waals surface area contributed by atoms with E-state index >= 15 is 0 Å². The Labute approximate surface area is 346 Å². The van der Waals surface area contributed by atoms with E-state index in [1.165, 1.54) is 19.1 Å². The number of allylic oxidation sites excluding steroid dienone is 3. The van der Waals surface area contributed by atoms with Gasteiger partial charge in [0.1, 0.15) is 24.0 Å². The van der Waals surface area contributed by atoms with Crippen molar-refractivity contribution < 1.29 is 53.1 Å². The van der Waals surface area contributed by atoms with Crippen molar-refractivity contribution in [3.63, 3.8) is 0 Å². The number of cyclic esters (lactones) is 1. The van der Waals surface area contributed by atoms with Crippen molar-refractivity contribution in [1.82, 2.24) is 4.90 Å². The third-order valence-electron chi connectivity index (χ3n) is 13.1. The molecule has 58 heavy (non-hydrogen) atoms. The highest BCUT2D eigenvalue weighted by molar-refractivity contribution is 6.39. The van der Waals surface area contributed by atoms with Crippen LogP contribution in [0.1, 0.15) is 126 Å². The van der Waals surface area contributed by atoms with Crippen LogP contribution < -0.4 is 5.73 Å². The third-order valence-corrected chi connectivity index (χ3v) is 13.1. The number of esters is 1. The van der Waals surface area contributed by atoms with Crippen molar-refractivity contribution in [2.45, 2.75) is 187 Å². The minimum absolute atomic E-state index is 0.00940. The number of aliphatic hydroxyl groups excluding tert-OH is 1. The Morgan fingerprint density at radius 1 is 1.00 bits per heavy atom. The van der Waals surface area contributed by atoms with E-state index in [9.17, 15) is 29.4 Å². The minimum Gasteiger partial charge on any atom is -0.456 e. The number of nitrogens with zero attached hydrogens (tertiary/aromatic N) is 1. The Morgan fingerprint density at radius 3 is 2.31 bits per heavy atom. The molecule has 0 radical (unpaired) electrons. The first kappa shape index (κ1) is 48.1. The van der Waals surface area contributed by atoms with Gasteiger partial charge < -0.3 is 44.5 Å². The van der Waals surface area contributed by atoms with E-state index in [1.807, 2.05) is 40.7 Å². The Kier molecular flexibility index (Phi) is 17.7. The number of carbonyl (C=O) groups excluding carboxylic acids is 4. The summed E-state index contributed by atoms with van der Waals surface area (Å²) in [6.45, 7) is 15.3. The number of ether oxygens (including phenoxy) is 5. The Hall–Kier alpha value is -2.52. The first-order valence-corrected chi connectivity index (χ1v) is 21.8. The van der Waals surface area contributed by atoms with Gasteiger partial charge >= 0.3 is 5.97 Å². The molecule has 14 atom stereocenters. The van der Waals surface area contributed by atoms with Crippen molar-refractivity contribution in [3.8, 4) is 0 Å². The smallest absolute Gasteiger partial charge is 0.329 e. The van der Waals surface area contributed by atoms with Crippen LogP contribution in [0.3, 0.4) is 0 Å². The number of methoxy groups -OCH3 is 2. The van der Waals surface area contributed by atoms with Crippen molar-refractivity contribution in [3.05, 3.63) is 23.3 Å². The van der Waals surface area contributed by atoms with Crippen molar-refractivity contribution in [2.24, 2.45) is 35.3 Å². The summed E-state index contributed by atoms with van der Waals surface area (Å²) in [5.74, 6) is -7.32. The molecule has 2 bridgehead atoms. The zero-order chi connectivity index (χ0) is 43.1. The Balaban J connectivity index is 1.76. The fourth-order valence-corrected chi connectivity index (χ4v) is 9.68. The third kappa shape index (κ3) is 11.6. The van der Waals surface area contributed by atoms with E-state index in [4.69, 9.17) is 29.4 Å². The van der Waals surface area contributed by atoms with Gasteiger partial charge in [-0.2, -0.15) is 0 Å². The van der Waals surface area contributed by atoms with E-state index in [0.717, 1.165) is 18.4 Å². The van der Waals surface area contributed by atoms with Gasteiger partial charge in [-0.3, -0.25) is 14.4 Å². The van der Waals surface area contributed by atoms with Crippen LogP contribution in [-0.2, 0) is 42.9 Å². The number of nitrogens with two attached hydrogens (primary N) is 1. The fourth-order valence-electron chi connectivity index (χ4n) is 9.68. The molecule has 2 saturated heterocycles. The lowest BCUT2D eigenvalue weighted by molar-refractivity contribution is -0.302. The van der Waals surface area contributed by atoms with Gasteiger partial charge in [0.25, 0.3) is 11.7 Å². The van der Waals surface area contributed by atoms with E-state index in [-0.39, 0.29) is 61.7 Å². The summed E-state index contributed by atoms with van der Waals surface area (Å²) >= 11 is 0. The van der Waals surface area contributed by atoms with Gasteiger partial charge in [0.15, 0.2) is 0 Å². The van der Waals surface area contributed by atoms with Gasteiger partial charge in [0, 0.05) is 51.0 Å². The van der Waals surface area contributed by atoms with Crippen LogP contribution >= 0.6 is 0 Å². The first-order valence-electron chi connectivity index (χ1n) is 21.8. The molecule has 330 valence electrons. The summed E-state index contributed by atoms with van der Waals surface area (Å²) in [5.41, 5.74) is 8.15. The average molecular weight is 819 g/mol. The number of rotatable bonds is 7. The molecule has 4 N–H and O–H groups in total. The highest BCUT2D eigenvalue weighted by Gasteiger charge is 2.56. The van der Waals surface area contributed by atoms with E-state index in [1.54, 1.807) is 13.8 Å². The molecule has 4 aliphatic rings. The molecular formula is C45H74N2O11. The number of amides is 1. The standard InChI is InChI=1S/C45H74N2O11/c1-11-32-19-26(4)18-27(5)20-38(54-9)41-39(55-10)22-29(7)45(53,58-41)42(50)43(51)47-17-13-12-14-34(47)44(52)57-40(30(8)35(48)24-36(32)49)28(6)21-31-15-16-33(46)37(23-31)56-25(2)3/h19,21,25,27,29-35,37-41,48,53H,11-18,20,22-24,46H2,1-10H3. The fraction of sp³-hybridized carbons (Fsp3) is 0.822. The van der Waals surface area contributed by atoms with Gasteiger partial charge in [0.2, 0.25) is 5.79 Å². The maximum absolute atomic E-state index is 14.4. The number of carbonyl (C=O) groups is 4. The maximum atomic E-state index is 14.4. The van der Waals surface area contributed by atoms with Crippen LogP contribution in [0.4, 0.5) is 0 Å². The lowest BCUT2D eigenvalue weighted by atomic mass is 9.81. The van der Waals surface area contributed by atoms with Crippen LogP contribution in [-0.4, -0.2) is 120 Å². The number of piperidine rings is 1. The molecular weight excluding hydrogens is 744 g/mol. The summed E-state index contributed by atoms with van der Waals surface area (Å²) in [6.07, 6.45) is 5.21. The number of fused-ring (bicyclic) bond motifs is 3. The van der Waals surface area contributed by atoms with Crippen LogP contribution in [0, 0.1) is 29.6 Å². The summed E-state index contributed by atoms with van der Waals surface area (Å²) < 4.78 is 30.5. The molecule has 14 unspecified atom stereocenters. The van der Waals surface area contributed by atoms with Gasteiger partial charge in [-0.15, -0.1) is 0 Å². The Morgan fingerprint density at radius 2 is 1.67 bits per heavy atom. The van der Waals surface area contributed by atoms with Gasteiger partial charge in [-0.25, -0.2) is 4.79 Å². The molecule has 0 spiro atoms. The molecule has 13 heteroatoms. The second-order valence-corrected chi connectivity index (χ2v) is 18.2. The molecule has 3 heterocycles. The first-order chi connectivity index (χ1) is 27.3. The summed E-state index contributed by atoms with van der Waals surface area (Å²) in [4.78, 5) is 57.9. The van der Waals surface area contributed by atoms with Crippen LogP contribution in [0.2, 0.25) is 0 Å². The quantitative estimate of drug-likeness (QED) is 0.173. The topological polar surface area (TPSA) is 184 Å². The lowest BCUT2D eigenvalue weighted by Gasteiger charge is -2.47. The maximum Gasteiger partial charge on any atom is 0.329 e. The molecule has 0 aromatic carbocycles. The monoisotopic (exact) mass is 819 g/mol. The van der Waals surface area contributed by atoms with Crippen LogP contribution in [0.25, 0.3) is 0 Å². The minimum atomic E-state index is -2.49. The Bertz CT molecular complexity index is 1480. The molecule has 1 aliphatic carbocycles. The van der Waals surface area contributed by atoms with Crippen LogP contribution in [0.5, 0.6) is 0 Å². The molecule has 3 fully saturated rings. The largest absolute Gasteiger partial charge is 0.456 e. The van der Waals surface area contributed by atoms with E-state index in [0.29, 0.717) is 44.1 Å². The molecule has 1 amide bonds. The summed E-state index contributed by atoms with van der Waals surface area (Å²) in [6, 6.07) is -1.21.